The van der Waals surface area contributed by atoms with Crippen LogP contribution in [0.15, 0.2) is 18.2 Å². The zero-order chi connectivity index (χ0) is 9.68. The quantitative estimate of drug-likeness (QED) is 0.520. The van der Waals surface area contributed by atoms with Crippen molar-refractivity contribution in [3.05, 3.63) is 35.4 Å². The molecular weight excluding hydrogens is 190 g/mol. The van der Waals surface area contributed by atoms with E-state index < -0.39 is 11.6 Å². The minimum absolute atomic E-state index is 0.225. The second-order valence-electron chi connectivity index (χ2n) is 2.40. The lowest BCUT2D eigenvalue weighted by Crippen LogP contribution is -1.85. The number of halogens is 2. The Morgan fingerprint density at radius 2 is 2.08 bits per heavy atom. The molecule has 1 aromatic carbocycles. The van der Waals surface area contributed by atoms with E-state index in [1.807, 2.05) is 0 Å². The normalized spacial score (nSPS) is 9.15. The molecule has 1 rings (SSSR count). The third-order valence-electron chi connectivity index (χ3n) is 1.39. The number of hydrogen-bond acceptors (Lipinski definition) is 1. The lowest BCUT2D eigenvalue weighted by molar-refractivity contribution is 0.581. The van der Waals surface area contributed by atoms with Gasteiger partial charge in [-0.2, -0.15) is 12.6 Å². The van der Waals surface area contributed by atoms with Crippen molar-refractivity contribution < 1.29 is 8.78 Å². The fraction of sp³-hybridized carbons (Fsp3) is 0.200. The molecule has 0 nitrogen and oxygen atoms in total. The summed E-state index contributed by atoms with van der Waals surface area (Å²) < 4.78 is 25.4. The number of rotatable bonds is 1. The maximum absolute atomic E-state index is 12.9. The van der Waals surface area contributed by atoms with Gasteiger partial charge in [0, 0.05) is 18.2 Å². The van der Waals surface area contributed by atoms with E-state index in [2.05, 4.69) is 24.5 Å². The highest BCUT2D eigenvalue weighted by molar-refractivity contribution is 7.80. The van der Waals surface area contributed by atoms with Crippen LogP contribution in [0.25, 0.3) is 0 Å². The van der Waals surface area contributed by atoms with Gasteiger partial charge in [-0.1, -0.05) is 11.8 Å². The largest absolute Gasteiger partial charge is 0.207 e. The molecule has 0 heterocycles. The van der Waals surface area contributed by atoms with Crippen LogP contribution in [0, 0.1) is 23.5 Å². The Balaban J connectivity index is 2.85. The van der Waals surface area contributed by atoms with Crippen molar-refractivity contribution in [2.24, 2.45) is 0 Å². The standard InChI is InChI=1S/C10H8F2S/c11-9-5-4-8(10(12)7-9)3-1-2-6-13/h4-5,7,13H,2,6H2. The van der Waals surface area contributed by atoms with E-state index in [1.165, 1.54) is 12.1 Å². The van der Waals surface area contributed by atoms with Gasteiger partial charge < -0.3 is 0 Å². The molecule has 1 aromatic rings. The second-order valence-corrected chi connectivity index (χ2v) is 2.85. The van der Waals surface area contributed by atoms with Crippen LogP contribution in [0.2, 0.25) is 0 Å². The summed E-state index contributed by atoms with van der Waals surface area (Å²) in [5, 5.41) is 0. The molecule has 0 unspecified atom stereocenters. The molecule has 0 saturated heterocycles. The summed E-state index contributed by atoms with van der Waals surface area (Å²) in [5.41, 5.74) is 0.225. The molecule has 68 valence electrons. The lowest BCUT2D eigenvalue weighted by Gasteiger charge is -1.93. The van der Waals surface area contributed by atoms with Crippen molar-refractivity contribution in [2.45, 2.75) is 6.42 Å². The molecule has 3 heteroatoms. The van der Waals surface area contributed by atoms with Gasteiger partial charge in [-0.15, -0.1) is 0 Å². The zero-order valence-electron chi connectivity index (χ0n) is 6.85. The predicted octanol–water partition coefficient (Wildman–Crippen LogP) is 2.64. The molecule has 13 heavy (non-hydrogen) atoms. The first-order valence-electron chi connectivity index (χ1n) is 3.79. The SMILES string of the molecule is Fc1ccc(C#CCCS)c(F)c1. The molecule has 0 atom stereocenters. The van der Waals surface area contributed by atoms with Crippen molar-refractivity contribution in [1.29, 1.82) is 0 Å². The van der Waals surface area contributed by atoms with Gasteiger partial charge in [0.2, 0.25) is 0 Å². The second kappa shape index (κ2) is 4.88. The Morgan fingerprint density at radius 3 is 2.69 bits per heavy atom. The summed E-state index contributed by atoms with van der Waals surface area (Å²) in [7, 11) is 0. The maximum Gasteiger partial charge on any atom is 0.141 e. The highest BCUT2D eigenvalue weighted by Gasteiger charge is 1.99. The number of benzene rings is 1. The molecule has 0 spiro atoms. The van der Waals surface area contributed by atoms with Gasteiger partial charge in [-0.3, -0.25) is 0 Å². The minimum atomic E-state index is -0.619. The van der Waals surface area contributed by atoms with Crippen molar-refractivity contribution in [2.75, 3.05) is 5.75 Å². The Kier molecular flexibility index (Phi) is 3.78. The Labute approximate surface area is 81.4 Å². The lowest BCUT2D eigenvalue weighted by atomic mass is 10.2. The monoisotopic (exact) mass is 198 g/mol. The maximum atomic E-state index is 12.9. The van der Waals surface area contributed by atoms with Crippen LogP contribution in [0.3, 0.4) is 0 Å². The molecule has 0 aliphatic carbocycles. The molecule has 0 aliphatic rings. The van der Waals surface area contributed by atoms with Crippen molar-refractivity contribution in [3.63, 3.8) is 0 Å². The van der Waals surface area contributed by atoms with Crippen LogP contribution in [0.1, 0.15) is 12.0 Å². The van der Waals surface area contributed by atoms with Crippen molar-refractivity contribution in [1.82, 2.24) is 0 Å². The Morgan fingerprint density at radius 1 is 1.31 bits per heavy atom. The van der Waals surface area contributed by atoms with Crippen LogP contribution in [-0.4, -0.2) is 5.75 Å². The Hall–Kier alpha value is -1.01. The molecule has 0 N–H and O–H groups in total. The van der Waals surface area contributed by atoms with E-state index >= 15 is 0 Å². The van der Waals surface area contributed by atoms with E-state index in [4.69, 9.17) is 0 Å². The molecule has 0 aliphatic heterocycles. The fourth-order valence-electron chi connectivity index (χ4n) is 0.804. The van der Waals surface area contributed by atoms with E-state index in [9.17, 15) is 8.78 Å². The average Bonchev–Trinajstić information content (AvgIpc) is 2.09. The van der Waals surface area contributed by atoms with Crippen LogP contribution in [0.4, 0.5) is 8.78 Å². The summed E-state index contributed by atoms with van der Waals surface area (Å²) in [5.74, 6) is 4.75. The third kappa shape index (κ3) is 3.08. The Bertz CT molecular complexity index is 350. The highest BCUT2D eigenvalue weighted by atomic mass is 32.1. The summed E-state index contributed by atoms with van der Waals surface area (Å²) in [4.78, 5) is 0. The predicted molar refractivity (Wildman–Crippen MR) is 51.7 cm³/mol. The van der Waals surface area contributed by atoms with E-state index in [0.717, 1.165) is 6.07 Å². The fourth-order valence-corrected chi connectivity index (χ4v) is 0.916. The van der Waals surface area contributed by atoms with Gasteiger partial charge in [0.25, 0.3) is 0 Å². The zero-order valence-corrected chi connectivity index (χ0v) is 7.74. The van der Waals surface area contributed by atoms with Crippen molar-refractivity contribution >= 4 is 12.6 Å². The van der Waals surface area contributed by atoms with E-state index in [0.29, 0.717) is 12.2 Å². The van der Waals surface area contributed by atoms with Crippen LogP contribution < -0.4 is 0 Å². The number of thiol groups is 1. The summed E-state index contributed by atoms with van der Waals surface area (Å²) in [6.45, 7) is 0. The van der Waals surface area contributed by atoms with Gasteiger partial charge in [0.1, 0.15) is 11.6 Å². The summed E-state index contributed by atoms with van der Waals surface area (Å²) >= 11 is 3.95. The number of hydrogen-bond donors (Lipinski definition) is 1. The molecule has 0 radical (unpaired) electrons. The van der Waals surface area contributed by atoms with Crippen LogP contribution in [0.5, 0.6) is 0 Å². The van der Waals surface area contributed by atoms with E-state index in [1.54, 1.807) is 0 Å². The van der Waals surface area contributed by atoms with Gasteiger partial charge in [-0.25, -0.2) is 8.78 Å². The first kappa shape index (κ1) is 10.1. The minimum Gasteiger partial charge on any atom is -0.207 e. The van der Waals surface area contributed by atoms with Gasteiger partial charge in [-0.05, 0) is 12.1 Å². The molecule has 0 bridgehead atoms. The van der Waals surface area contributed by atoms with Gasteiger partial charge >= 0.3 is 0 Å². The van der Waals surface area contributed by atoms with Gasteiger partial charge in [0.15, 0.2) is 0 Å². The molecule has 0 fully saturated rings. The van der Waals surface area contributed by atoms with E-state index in [-0.39, 0.29) is 5.56 Å². The summed E-state index contributed by atoms with van der Waals surface area (Å²) in [6, 6.07) is 3.34. The first-order chi connectivity index (χ1) is 6.24. The smallest absolute Gasteiger partial charge is 0.141 e. The van der Waals surface area contributed by atoms with Gasteiger partial charge in [0.05, 0.1) is 5.56 Å². The van der Waals surface area contributed by atoms with Crippen molar-refractivity contribution in [3.8, 4) is 11.8 Å². The van der Waals surface area contributed by atoms with Crippen LogP contribution in [-0.2, 0) is 0 Å². The summed E-state index contributed by atoms with van der Waals surface area (Å²) in [6.07, 6.45) is 0.597. The van der Waals surface area contributed by atoms with Crippen LogP contribution >= 0.6 is 12.6 Å². The first-order valence-corrected chi connectivity index (χ1v) is 4.42. The molecule has 0 amide bonds. The molecule has 0 aromatic heterocycles. The highest BCUT2D eigenvalue weighted by Crippen LogP contribution is 2.07. The molecule has 0 saturated carbocycles. The topological polar surface area (TPSA) is 0 Å². The molecular formula is C10H8F2S. The third-order valence-corrected chi connectivity index (χ3v) is 1.61. The average molecular weight is 198 g/mol.